The van der Waals surface area contributed by atoms with Gasteiger partial charge in [0, 0.05) is 38.8 Å². The van der Waals surface area contributed by atoms with E-state index in [9.17, 15) is 4.79 Å². The Labute approximate surface area is 134 Å². The average Bonchev–Trinajstić information content (AvgIpc) is 3.11. The number of piperazine rings is 1. The van der Waals surface area contributed by atoms with Crippen LogP contribution in [0.25, 0.3) is 11.4 Å². The lowest BCUT2D eigenvalue weighted by atomic mass is 10.2. The third-order valence-electron chi connectivity index (χ3n) is 3.81. The van der Waals surface area contributed by atoms with E-state index in [-0.39, 0.29) is 6.03 Å². The zero-order valence-corrected chi connectivity index (χ0v) is 13.2. The lowest BCUT2D eigenvalue weighted by Gasteiger charge is -2.33. The molecule has 3 rings (SSSR count). The summed E-state index contributed by atoms with van der Waals surface area (Å²) < 4.78 is 10.5. The van der Waals surface area contributed by atoms with Gasteiger partial charge in [0.15, 0.2) is 0 Å². The monoisotopic (exact) mass is 317 g/mol. The Balaban J connectivity index is 1.66. The first-order valence-corrected chi connectivity index (χ1v) is 7.41. The quantitative estimate of drug-likeness (QED) is 0.916. The largest absolute Gasteiger partial charge is 0.497 e. The van der Waals surface area contributed by atoms with E-state index in [1.807, 2.05) is 29.2 Å². The first-order valence-electron chi connectivity index (χ1n) is 7.41. The molecule has 2 heterocycles. The highest BCUT2D eigenvalue weighted by Crippen LogP contribution is 2.22. The van der Waals surface area contributed by atoms with Crippen molar-refractivity contribution in [3.8, 4) is 17.1 Å². The summed E-state index contributed by atoms with van der Waals surface area (Å²) >= 11 is 0. The number of ether oxygens (including phenoxy) is 1. The van der Waals surface area contributed by atoms with Crippen LogP contribution in [0.3, 0.4) is 0 Å². The van der Waals surface area contributed by atoms with Crippen molar-refractivity contribution in [3.63, 3.8) is 0 Å². The molecule has 8 heteroatoms. The molecule has 1 fully saturated rings. The van der Waals surface area contributed by atoms with Gasteiger partial charge in [-0.05, 0) is 24.3 Å². The van der Waals surface area contributed by atoms with Crippen LogP contribution < -0.4 is 15.0 Å². The summed E-state index contributed by atoms with van der Waals surface area (Å²) in [6.07, 6.45) is 0. The highest BCUT2D eigenvalue weighted by atomic mass is 16.5. The van der Waals surface area contributed by atoms with Crippen molar-refractivity contribution >= 4 is 12.0 Å². The fourth-order valence-electron chi connectivity index (χ4n) is 2.46. The summed E-state index contributed by atoms with van der Waals surface area (Å²) in [6, 6.07) is 7.90. The molecule has 0 spiro atoms. The van der Waals surface area contributed by atoms with Gasteiger partial charge < -0.3 is 24.4 Å². The van der Waals surface area contributed by atoms with Gasteiger partial charge in [0.2, 0.25) is 5.82 Å². The van der Waals surface area contributed by atoms with Gasteiger partial charge in [-0.3, -0.25) is 0 Å². The number of anilines is 1. The molecular formula is C15H19N5O3. The molecule has 0 atom stereocenters. The fourth-order valence-corrected chi connectivity index (χ4v) is 2.46. The van der Waals surface area contributed by atoms with Crippen LogP contribution in [0.15, 0.2) is 28.8 Å². The van der Waals surface area contributed by atoms with Crippen molar-refractivity contribution in [1.29, 1.82) is 0 Å². The molecule has 0 saturated carbocycles. The molecule has 1 aromatic heterocycles. The van der Waals surface area contributed by atoms with E-state index >= 15 is 0 Å². The van der Waals surface area contributed by atoms with Gasteiger partial charge in [0.1, 0.15) is 5.75 Å². The topological polar surface area (TPSA) is 83.7 Å². The maximum absolute atomic E-state index is 11.6. The minimum absolute atomic E-state index is 0.0610. The SMILES string of the molecule is CNC(=O)N1CCN(c2nc(-c3ccc(OC)cc3)no2)CC1. The summed E-state index contributed by atoms with van der Waals surface area (Å²) in [5, 5.41) is 6.66. The highest BCUT2D eigenvalue weighted by Gasteiger charge is 2.24. The lowest BCUT2D eigenvalue weighted by Crippen LogP contribution is -2.51. The minimum Gasteiger partial charge on any atom is -0.497 e. The molecule has 23 heavy (non-hydrogen) atoms. The number of hydrogen-bond acceptors (Lipinski definition) is 6. The summed E-state index contributed by atoms with van der Waals surface area (Å²) in [7, 11) is 3.26. The first-order chi connectivity index (χ1) is 11.2. The van der Waals surface area contributed by atoms with E-state index in [4.69, 9.17) is 9.26 Å². The molecule has 1 N–H and O–H groups in total. The Morgan fingerprint density at radius 2 is 1.91 bits per heavy atom. The Hall–Kier alpha value is -2.77. The van der Waals surface area contributed by atoms with Crippen LogP contribution in [0.2, 0.25) is 0 Å². The van der Waals surface area contributed by atoms with Crippen molar-refractivity contribution < 1.29 is 14.1 Å². The Morgan fingerprint density at radius 1 is 1.22 bits per heavy atom. The van der Waals surface area contributed by atoms with Gasteiger partial charge in [0.05, 0.1) is 7.11 Å². The number of carbonyl (C=O) groups is 1. The number of benzene rings is 1. The van der Waals surface area contributed by atoms with Crippen molar-refractivity contribution in [1.82, 2.24) is 20.4 Å². The van der Waals surface area contributed by atoms with E-state index < -0.39 is 0 Å². The number of nitrogens with one attached hydrogen (secondary N) is 1. The zero-order chi connectivity index (χ0) is 16.2. The average molecular weight is 317 g/mol. The molecule has 1 aliphatic heterocycles. The Morgan fingerprint density at radius 3 is 2.52 bits per heavy atom. The van der Waals surface area contributed by atoms with Gasteiger partial charge in [0.25, 0.3) is 0 Å². The zero-order valence-electron chi connectivity index (χ0n) is 13.2. The maximum Gasteiger partial charge on any atom is 0.324 e. The Kier molecular flexibility index (Phi) is 4.31. The number of carbonyl (C=O) groups excluding carboxylic acids is 1. The maximum atomic E-state index is 11.6. The number of rotatable bonds is 3. The third kappa shape index (κ3) is 3.20. The highest BCUT2D eigenvalue weighted by molar-refractivity contribution is 5.74. The second kappa shape index (κ2) is 6.55. The van der Waals surface area contributed by atoms with E-state index in [0.717, 1.165) is 11.3 Å². The molecular weight excluding hydrogens is 298 g/mol. The van der Waals surface area contributed by atoms with Crippen molar-refractivity contribution in [2.75, 3.05) is 45.2 Å². The molecule has 122 valence electrons. The van der Waals surface area contributed by atoms with Crippen LogP contribution in [-0.4, -0.2) is 61.4 Å². The molecule has 8 nitrogen and oxygen atoms in total. The van der Waals surface area contributed by atoms with Crippen molar-refractivity contribution in [3.05, 3.63) is 24.3 Å². The molecule has 1 aliphatic rings. The summed E-state index contributed by atoms with van der Waals surface area (Å²) in [5.74, 6) is 1.32. The van der Waals surface area contributed by atoms with E-state index in [1.165, 1.54) is 0 Å². The number of urea groups is 1. The molecule has 0 unspecified atom stereocenters. The van der Waals surface area contributed by atoms with Crippen molar-refractivity contribution in [2.24, 2.45) is 0 Å². The first kappa shape index (κ1) is 15.1. The lowest BCUT2D eigenvalue weighted by molar-refractivity contribution is 0.195. The number of amides is 2. The molecule has 2 amide bonds. The number of methoxy groups -OCH3 is 1. The van der Waals surface area contributed by atoms with E-state index in [2.05, 4.69) is 15.5 Å². The smallest absolute Gasteiger partial charge is 0.324 e. The molecule has 1 aromatic carbocycles. The molecule has 1 saturated heterocycles. The van der Waals surface area contributed by atoms with E-state index in [0.29, 0.717) is 38.0 Å². The fraction of sp³-hybridized carbons (Fsp3) is 0.400. The van der Waals surface area contributed by atoms with Gasteiger partial charge in [-0.25, -0.2) is 4.79 Å². The summed E-state index contributed by atoms with van der Waals surface area (Å²) in [5.41, 5.74) is 0.866. The van der Waals surface area contributed by atoms with Crippen molar-refractivity contribution in [2.45, 2.75) is 0 Å². The number of aromatic nitrogens is 2. The van der Waals surface area contributed by atoms with Gasteiger partial charge in [-0.2, -0.15) is 4.98 Å². The van der Waals surface area contributed by atoms with Crippen LogP contribution in [0.1, 0.15) is 0 Å². The van der Waals surface area contributed by atoms with Gasteiger partial charge >= 0.3 is 12.0 Å². The normalized spacial score (nSPS) is 14.7. The van der Waals surface area contributed by atoms with Gasteiger partial charge in [-0.1, -0.05) is 5.16 Å². The minimum atomic E-state index is -0.0610. The van der Waals surface area contributed by atoms with Crippen LogP contribution in [0.5, 0.6) is 5.75 Å². The van der Waals surface area contributed by atoms with Gasteiger partial charge in [-0.15, -0.1) is 0 Å². The second-order valence-electron chi connectivity index (χ2n) is 5.16. The molecule has 0 radical (unpaired) electrons. The van der Waals surface area contributed by atoms with Crippen LogP contribution in [0.4, 0.5) is 10.8 Å². The van der Waals surface area contributed by atoms with E-state index in [1.54, 1.807) is 19.1 Å². The predicted molar refractivity (Wildman–Crippen MR) is 84.5 cm³/mol. The Bertz CT molecular complexity index is 662. The van der Waals surface area contributed by atoms with Crippen LogP contribution in [-0.2, 0) is 0 Å². The van der Waals surface area contributed by atoms with Crippen LogP contribution >= 0.6 is 0 Å². The number of hydrogen-bond donors (Lipinski definition) is 1. The molecule has 0 bridgehead atoms. The summed E-state index contributed by atoms with van der Waals surface area (Å²) in [4.78, 5) is 19.8. The summed E-state index contributed by atoms with van der Waals surface area (Å²) in [6.45, 7) is 2.58. The molecule has 0 aliphatic carbocycles. The predicted octanol–water partition coefficient (Wildman–Crippen LogP) is 1.21. The van der Waals surface area contributed by atoms with Crippen LogP contribution in [0, 0.1) is 0 Å². The number of nitrogens with zero attached hydrogens (tertiary/aromatic N) is 4. The third-order valence-corrected chi connectivity index (χ3v) is 3.81. The molecule has 2 aromatic rings. The standard InChI is InChI=1S/C15H19N5O3/c1-16-14(21)19-7-9-20(10-8-19)15-17-13(18-23-15)11-3-5-12(22-2)6-4-11/h3-6H,7-10H2,1-2H3,(H,16,21). The second-order valence-corrected chi connectivity index (χ2v) is 5.16.